The smallest absolute Gasteiger partial charge is 0.234 e. The molecular weight excluding hydrogens is 444 g/mol. The van der Waals surface area contributed by atoms with E-state index in [1.54, 1.807) is 24.3 Å². The van der Waals surface area contributed by atoms with Gasteiger partial charge in [-0.3, -0.25) is 29.0 Å². The van der Waals surface area contributed by atoms with Gasteiger partial charge < -0.3 is 20.4 Å². The molecule has 0 saturated carbocycles. The minimum Gasteiger partial charge on any atom is -0.394 e. The van der Waals surface area contributed by atoms with Crippen LogP contribution in [0.1, 0.15) is 33.6 Å². The fourth-order valence-electron chi connectivity index (χ4n) is 4.08. The van der Waals surface area contributed by atoms with Gasteiger partial charge in [0.25, 0.3) is 0 Å². The number of allylic oxidation sites excluding steroid dienone is 2. The topological polar surface area (TPSA) is 156 Å². The van der Waals surface area contributed by atoms with Gasteiger partial charge in [0.1, 0.15) is 11.4 Å². The zero-order valence-corrected chi connectivity index (χ0v) is 17.9. The zero-order valence-electron chi connectivity index (χ0n) is 17.9. The summed E-state index contributed by atoms with van der Waals surface area (Å²) in [6.45, 7) is -1.37. The van der Waals surface area contributed by atoms with E-state index in [-0.39, 0.29) is 33.9 Å². The van der Waals surface area contributed by atoms with Gasteiger partial charge in [0, 0.05) is 11.1 Å². The van der Waals surface area contributed by atoms with Gasteiger partial charge in [0.2, 0.25) is 23.4 Å². The number of benzene rings is 2. The highest BCUT2D eigenvalue weighted by molar-refractivity contribution is 6.33. The molecule has 2 aromatic carbocycles. The molecule has 4 N–H and O–H groups in total. The maximum Gasteiger partial charge on any atom is 0.234 e. The highest BCUT2D eigenvalue weighted by Crippen LogP contribution is 2.43. The Kier molecular flexibility index (Phi) is 6.40. The fraction of sp³-hybridized carbons (Fsp3) is 0.250. The van der Waals surface area contributed by atoms with E-state index in [1.807, 2.05) is 0 Å². The lowest BCUT2D eigenvalue weighted by Gasteiger charge is -2.25. The van der Waals surface area contributed by atoms with Crippen molar-refractivity contribution in [2.45, 2.75) is 25.0 Å². The maximum atomic E-state index is 13.5. The van der Waals surface area contributed by atoms with Crippen LogP contribution in [-0.2, 0) is 9.59 Å². The monoisotopic (exact) mass is 466 g/mol. The van der Waals surface area contributed by atoms with E-state index in [1.165, 1.54) is 24.3 Å². The first-order valence-electron chi connectivity index (χ1n) is 10.6. The van der Waals surface area contributed by atoms with Crippen molar-refractivity contribution in [1.82, 2.24) is 0 Å². The maximum absolute atomic E-state index is 13.5. The van der Waals surface area contributed by atoms with Crippen molar-refractivity contribution in [2.75, 3.05) is 23.0 Å². The molecule has 2 unspecified atom stereocenters. The molecule has 34 heavy (non-hydrogen) atoms. The summed E-state index contributed by atoms with van der Waals surface area (Å²) >= 11 is 0. The van der Waals surface area contributed by atoms with Crippen LogP contribution < -0.4 is 9.80 Å². The number of ketones is 2. The van der Waals surface area contributed by atoms with E-state index in [0.717, 1.165) is 9.80 Å². The second-order valence-corrected chi connectivity index (χ2v) is 7.93. The lowest BCUT2D eigenvalue weighted by Crippen LogP contribution is -2.39. The van der Waals surface area contributed by atoms with E-state index in [2.05, 4.69) is 0 Å². The van der Waals surface area contributed by atoms with Crippen LogP contribution in [0.5, 0.6) is 0 Å². The molecule has 0 spiro atoms. The second kappa shape index (κ2) is 9.27. The number of aliphatic hydroxyl groups is 4. The van der Waals surface area contributed by atoms with Gasteiger partial charge in [-0.05, 0) is 24.3 Å². The first-order chi connectivity index (χ1) is 16.3. The van der Waals surface area contributed by atoms with Crippen LogP contribution in [-0.4, -0.2) is 69.2 Å². The molecule has 4 rings (SSSR count). The van der Waals surface area contributed by atoms with Crippen molar-refractivity contribution in [2.24, 2.45) is 0 Å². The molecular formula is C24H22N2O8. The number of Topliss-reactive ketones (excluding diaryl/α,β-unsaturated/α-hetero) is 2. The number of hydrogen-bond donors (Lipinski definition) is 4. The molecule has 2 amide bonds. The van der Waals surface area contributed by atoms with E-state index >= 15 is 0 Å². The standard InChI is InChI=1S/C24H22N2O8/c27-11-13(29)9-19(31)25-17-7-3-1-5-15(17)23(33)21(25)22-24(34)16-6-2-4-8-18(16)26(22)20(32)10-14(30)12-28/h1-8,13-14,27-30H,9-12H2/b22-21+. The fourth-order valence-corrected chi connectivity index (χ4v) is 4.08. The largest absolute Gasteiger partial charge is 0.394 e. The van der Waals surface area contributed by atoms with E-state index in [9.17, 15) is 39.6 Å². The zero-order chi connectivity index (χ0) is 24.6. The van der Waals surface area contributed by atoms with Gasteiger partial charge in [-0.15, -0.1) is 0 Å². The summed E-state index contributed by atoms with van der Waals surface area (Å²) in [5.41, 5.74) is -0.103. The van der Waals surface area contributed by atoms with Gasteiger partial charge in [0.05, 0.1) is 49.6 Å². The van der Waals surface area contributed by atoms with Crippen LogP contribution in [0.3, 0.4) is 0 Å². The third-order valence-corrected chi connectivity index (χ3v) is 5.62. The summed E-state index contributed by atoms with van der Waals surface area (Å²) < 4.78 is 0. The number of amides is 2. The number of anilines is 2. The molecule has 2 aromatic rings. The van der Waals surface area contributed by atoms with Crippen LogP contribution in [0.4, 0.5) is 11.4 Å². The van der Waals surface area contributed by atoms with Crippen LogP contribution in [0.25, 0.3) is 0 Å². The Morgan fingerprint density at radius 1 is 0.676 bits per heavy atom. The number of fused-ring (bicyclic) bond motifs is 2. The Morgan fingerprint density at radius 2 is 1.03 bits per heavy atom. The molecule has 0 radical (unpaired) electrons. The molecule has 0 aromatic heterocycles. The van der Waals surface area contributed by atoms with Crippen molar-refractivity contribution < 1.29 is 39.6 Å². The Balaban J connectivity index is 1.93. The van der Waals surface area contributed by atoms with Crippen molar-refractivity contribution in [3.8, 4) is 0 Å². The number of carbonyl (C=O) groups excluding carboxylic acids is 4. The number of carbonyl (C=O) groups is 4. The Hall–Kier alpha value is -3.70. The number of aliphatic hydroxyl groups excluding tert-OH is 4. The predicted octanol–water partition coefficient (Wildman–Crippen LogP) is 0.144. The average Bonchev–Trinajstić information content (AvgIpc) is 3.30. The van der Waals surface area contributed by atoms with E-state index < -0.39 is 61.6 Å². The van der Waals surface area contributed by atoms with E-state index in [0.29, 0.717) is 0 Å². The van der Waals surface area contributed by atoms with Crippen LogP contribution in [0, 0.1) is 0 Å². The normalized spacial score (nSPS) is 18.7. The van der Waals surface area contributed by atoms with Gasteiger partial charge >= 0.3 is 0 Å². The Morgan fingerprint density at radius 3 is 1.38 bits per heavy atom. The SMILES string of the molecule is O=C1/C(=C2/C(=O)c3ccccc3N2C(=O)CC(O)CO)N(C(=O)CC(O)CO)c2ccccc21. The van der Waals surface area contributed by atoms with Gasteiger partial charge in [-0.1, -0.05) is 24.3 Å². The Labute approximate surface area is 194 Å². The summed E-state index contributed by atoms with van der Waals surface area (Å²) in [5, 5.41) is 38.0. The number of para-hydroxylation sites is 2. The van der Waals surface area contributed by atoms with Crippen molar-refractivity contribution in [1.29, 1.82) is 0 Å². The average molecular weight is 466 g/mol. The summed E-state index contributed by atoms with van der Waals surface area (Å²) in [4.78, 5) is 55.2. The summed E-state index contributed by atoms with van der Waals surface area (Å²) in [6.07, 6.45) is -3.86. The molecule has 10 heteroatoms. The molecule has 176 valence electrons. The van der Waals surface area contributed by atoms with Crippen LogP contribution >= 0.6 is 0 Å². The van der Waals surface area contributed by atoms with E-state index in [4.69, 9.17) is 0 Å². The van der Waals surface area contributed by atoms with Crippen LogP contribution in [0.15, 0.2) is 59.9 Å². The highest BCUT2D eigenvalue weighted by atomic mass is 16.3. The highest BCUT2D eigenvalue weighted by Gasteiger charge is 2.46. The third-order valence-electron chi connectivity index (χ3n) is 5.62. The van der Waals surface area contributed by atoms with Crippen molar-refractivity contribution in [3.05, 3.63) is 71.1 Å². The summed E-state index contributed by atoms with van der Waals surface area (Å²) in [6, 6.07) is 12.3. The second-order valence-electron chi connectivity index (χ2n) is 7.93. The molecule has 10 nitrogen and oxygen atoms in total. The van der Waals surface area contributed by atoms with Gasteiger partial charge in [-0.25, -0.2) is 0 Å². The van der Waals surface area contributed by atoms with Crippen molar-refractivity contribution in [3.63, 3.8) is 0 Å². The molecule has 2 aliphatic heterocycles. The molecule has 0 bridgehead atoms. The minimum atomic E-state index is -1.39. The molecule has 0 saturated heterocycles. The molecule has 0 aliphatic carbocycles. The number of hydrogen-bond acceptors (Lipinski definition) is 8. The first kappa shape index (κ1) is 23.5. The molecule has 2 heterocycles. The number of rotatable bonds is 6. The lowest BCUT2D eigenvalue weighted by atomic mass is 10.1. The molecule has 0 fully saturated rings. The predicted molar refractivity (Wildman–Crippen MR) is 119 cm³/mol. The summed E-state index contributed by atoms with van der Waals surface area (Å²) in [7, 11) is 0. The van der Waals surface area contributed by atoms with Gasteiger partial charge in [0.15, 0.2) is 0 Å². The lowest BCUT2D eigenvalue weighted by molar-refractivity contribution is -0.121. The molecule has 2 aliphatic rings. The summed E-state index contributed by atoms with van der Waals surface area (Å²) in [5.74, 6) is -2.85. The Bertz CT molecular complexity index is 1130. The quantitative estimate of drug-likeness (QED) is 0.438. The minimum absolute atomic E-state index is 0.128. The van der Waals surface area contributed by atoms with Gasteiger partial charge in [-0.2, -0.15) is 0 Å². The molecule has 2 atom stereocenters. The third kappa shape index (κ3) is 3.82. The van der Waals surface area contributed by atoms with Crippen LogP contribution in [0.2, 0.25) is 0 Å². The number of nitrogens with zero attached hydrogens (tertiary/aromatic N) is 2. The van der Waals surface area contributed by atoms with Crippen molar-refractivity contribution >= 4 is 34.8 Å². The first-order valence-corrected chi connectivity index (χ1v) is 10.6.